The maximum absolute atomic E-state index is 10.7. The number of thioether (sulfide) groups is 1. The van der Waals surface area contributed by atoms with Crippen molar-refractivity contribution >= 4 is 29.4 Å². The van der Waals surface area contributed by atoms with Gasteiger partial charge in [0.05, 0.1) is 5.75 Å². The summed E-state index contributed by atoms with van der Waals surface area (Å²) in [6.45, 7) is 3.60. The van der Waals surface area contributed by atoms with E-state index in [1.165, 1.54) is 17.3 Å². The average molecular weight is 304 g/mol. The Morgan fingerprint density at radius 3 is 2.95 bits per heavy atom. The number of carboxylic acid groups (broad SMARTS) is 1. The molecule has 1 aliphatic rings. The van der Waals surface area contributed by atoms with Crippen LogP contribution in [0.2, 0.25) is 0 Å². The van der Waals surface area contributed by atoms with Crippen molar-refractivity contribution in [3.63, 3.8) is 0 Å². The van der Waals surface area contributed by atoms with Gasteiger partial charge in [-0.3, -0.25) is 9.36 Å². The normalized spacial score (nSPS) is 13.5. The van der Waals surface area contributed by atoms with Gasteiger partial charge in [-0.15, -0.1) is 10.2 Å². The van der Waals surface area contributed by atoms with E-state index in [4.69, 9.17) is 5.11 Å². The minimum absolute atomic E-state index is 0.00524. The fourth-order valence-electron chi connectivity index (χ4n) is 2.54. The van der Waals surface area contributed by atoms with Crippen LogP contribution in [0.4, 0.5) is 11.6 Å². The van der Waals surface area contributed by atoms with Crippen molar-refractivity contribution in [3.8, 4) is 0 Å². The Morgan fingerprint density at radius 1 is 1.38 bits per heavy atom. The molecule has 6 nitrogen and oxygen atoms in total. The predicted molar refractivity (Wildman–Crippen MR) is 81.2 cm³/mol. The second kappa shape index (κ2) is 5.77. The van der Waals surface area contributed by atoms with E-state index in [-0.39, 0.29) is 5.75 Å². The first-order valence-corrected chi connectivity index (χ1v) is 7.82. The molecule has 1 aliphatic heterocycles. The molecule has 110 valence electrons. The van der Waals surface area contributed by atoms with Gasteiger partial charge in [-0.2, -0.15) is 0 Å². The molecule has 1 aromatic heterocycles. The number of carbonyl (C=O) groups is 1. The van der Waals surface area contributed by atoms with Crippen molar-refractivity contribution in [1.29, 1.82) is 0 Å². The van der Waals surface area contributed by atoms with Crippen LogP contribution in [-0.2, 0) is 17.8 Å². The highest BCUT2D eigenvalue weighted by atomic mass is 32.2. The summed E-state index contributed by atoms with van der Waals surface area (Å²) < 4.78 is 1.97. The zero-order valence-electron chi connectivity index (χ0n) is 11.7. The predicted octanol–water partition coefficient (Wildman–Crippen LogP) is 2.17. The fraction of sp³-hybridized carbons (Fsp3) is 0.357. The Kier molecular flexibility index (Phi) is 3.83. The number of carboxylic acids is 1. The highest BCUT2D eigenvalue weighted by molar-refractivity contribution is 7.99. The van der Waals surface area contributed by atoms with Crippen molar-refractivity contribution < 1.29 is 9.90 Å². The number of hydrogen-bond donors (Lipinski definition) is 1. The van der Waals surface area contributed by atoms with Crippen LogP contribution in [-0.4, -0.2) is 38.1 Å². The quantitative estimate of drug-likeness (QED) is 0.854. The molecule has 0 fully saturated rings. The van der Waals surface area contributed by atoms with Gasteiger partial charge in [0.25, 0.3) is 0 Å². The van der Waals surface area contributed by atoms with Crippen molar-refractivity contribution in [2.75, 3.05) is 17.2 Å². The van der Waals surface area contributed by atoms with E-state index in [1.54, 1.807) is 0 Å². The lowest BCUT2D eigenvalue weighted by Crippen LogP contribution is -2.18. The molecule has 0 bridgehead atoms. The van der Waals surface area contributed by atoms with E-state index < -0.39 is 5.97 Å². The summed E-state index contributed by atoms with van der Waals surface area (Å²) in [7, 11) is 0. The number of fused-ring (bicyclic) bond motifs is 1. The number of hydrogen-bond acceptors (Lipinski definition) is 5. The molecule has 0 atom stereocenters. The van der Waals surface area contributed by atoms with E-state index in [9.17, 15) is 4.79 Å². The zero-order chi connectivity index (χ0) is 14.8. The van der Waals surface area contributed by atoms with E-state index in [0.29, 0.717) is 11.7 Å². The van der Waals surface area contributed by atoms with Gasteiger partial charge < -0.3 is 10.0 Å². The molecule has 0 radical (unpaired) electrons. The minimum atomic E-state index is -0.848. The molecule has 7 heteroatoms. The molecule has 2 heterocycles. The number of rotatable bonds is 5. The first-order valence-electron chi connectivity index (χ1n) is 6.84. The van der Waals surface area contributed by atoms with Crippen LogP contribution in [0.25, 0.3) is 0 Å². The van der Waals surface area contributed by atoms with Crippen LogP contribution in [0.5, 0.6) is 0 Å². The highest BCUT2D eigenvalue weighted by Gasteiger charge is 2.25. The van der Waals surface area contributed by atoms with Gasteiger partial charge >= 0.3 is 5.97 Å². The van der Waals surface area contributed by atoms with Crippen molar-refractivity contribution in [1.82, 2.24) is 14.8 Å². The second-order valence-corrected chi connectivity index (χ2v) is 5.68. The average Bonchev–Trinajstić information content (AvgIpc) is 3.08. The van der Waals surface area contributed by atoms with Gasteiger partial charge in [-0.1, -0.05) is 30.0 Å². The molecule has 0 aliphatic carbocycles. The number of anilines is 2. The van der Waals surface area contributed by atoms with E-state index in [1.807, 2.05) is 23.6 Å². The number of nitrogens with zero attached hydrogens (tertiary/aromatic N) is 4. The van der Waals surface area contributed by atoms with Crippen LogP contribution in [0.1, 0.15) is 12.5 Å². The van der Waals surface area contributed by atoms with Gasteiger partial charge in [0, 0.05) is 18.8 Å². The first kappa shape index (κ1) is 13.9. The molecule has 21 heavy (non-hydrogen) atoms. The number of para-hydroxylation sites is 1. The summed E-state index contributed by atoms with van der Waals surface area (Å²) in [5, 5.41) is 17.9. The summed E-state index contributed by atoms with van der Waals surface area (Å²) in [6.07, 6.45) is 0.990. The van der Waals surface area contributed by atoms with Crippen LogP contribution < -0.4 is 4.90 Å². The lowest BCUT2D eigenvalue weighted by atomic mass is 10.2. The lowest BCUT2D eigenvalue weighted by Gasteiger charge is -2.18. The molecule has 0 unspecified atom stereocenters. The molecule has 0 saturated heterocycles. The number of aliphatic carboxylic acids is 1. The van der Waals surface area contributed by atoms with Gasteiger partial charge in [-0.05, 0) is 25.0 Å². The summed E-state index contributed by atoms with van der Waals surface area (Å²) in [5.41, 5.74) is 2.47. The second-order valence-electron chi connectivity index (χ2n) is 4.74. The van der Waals surface area contributed by atoms with Gasteiger partial charge in [0.15, 0.2) is 5.16 Å². The van der Waals surface area contributed by atoms with E-state index in [2.05, 4.69) is 27.2 Å². The molecule has 1 N–H and O–H groups in total. The lowest BCUT2D eigenvalue weighted by molar-refractivity contribution is -0.133. The summed E-state index contributed by atoms with van der Waals surface area (Å²) in [6, 6.07) is 8.27. The minimum Gasteiger partial charge on any atom is -0.481 e. The third-order valence-corrected chi connectivity index (χ3v) is 4.42. The third kappa shape index (κ3) is 2.61. The largest absolute Gasteiger partial charge is 0.481 e. The Morgan fingerprint density at radius 2 is 2.19 bits per heavy atom. The van der Waals surface area contributed by atoms with Crippen molar-refractivity contribution in [2.45, 2.75) is 25.0 Å². The first-order chi connectivity index (χ1) is 10.2. The monoisotopic (exact) mass is 304 g/mol. The maximum atomic E-state index is 10.7. The summed E-state index contributed by atoms with van der Waals surface area (Å²) >= 11 is 1.20. The molecular weight excluding hydrogens is 288 g/mol. The molecule has 2 aromatic rings. The van der Waals surface area contributed by atoms with Crippen LogP contribution >= 0.6 is 11.8 Å². The topological polar surface area (TPSA) is 71.2 Å². The number of benzene rings is 1. The Bertz CT molecular complexity index is 671. The Labute approximate surface area is 126 Å². The van der Waals surface area contributed by atoms with Crippen LogP contribution in [0.3, 0.4) is 0 Å². The SMILES string of the molecule is CCn1c(SCC(=O)O)nnc1N1CCc2ccccc21. The fourth-order valence-corrected chi connectivity index (χ4v) is 3.25. The maximum Gasteiger partial charge on any atom is 0.313 e. The highest BCUT2D eigenvalue weighted by Crippen LogP contribution is 2.34. The van der Waals surface area contributed by atoms with Gasteiger partial charge in [0.1, 0.15) is 0 Å². The molecule has 0 spiro atoms. The van der Waals surface area contributed by atoms with Crippen LogP contribution in [0.15, 0.2) is 29.4 Å². The summed E-state index contributed by atoms with van der Waals surface area (Å²) in [4.78, 5) is 12.9. The van der Waals surface area contributed by atoms with Gasteiger partial charge in [-0.25, -0.2) is 0 Å². The molecular formula is C14H16N4O2S. The van der Waals surface area contributed by atoms with E-state index >= 15 is 0 Å². The Balaban J connectivity index is 1.91. The molecule has 3 rings (SSSR count). The molecule has 0 saturated carbocycles. The van der Waals surface area contributed by atoms with Crippen molar-refractivity contribution in [2.24, 2.45) is 0 Å². The van der Waals surface area contributed by atoms with Crippen molar-refractivity contribution in [3.05, 3.63) is 29.8 Å². The Hall–Kier alpha value is -2.02. The van der Waals surface area contributed by atoms with E-state index in [0.717, 1.165) is 24.6 Å². The standard InChI is InChI=1S/C14H16N4O2S/c1-2-17-13(15-16-14(17)21-9-12(19)20)18-8-7-10-5-3-4-6-11(10)18/h3-6H,2,7-9H2,1H3,(H,19,20). The van der Waals surface area contributed by atoms with Crippen LogP contribution in [0, 0.1) is 0 Å². The third-order valence-electron chi connectivity index (χ3n) is 3.47. The molecule has 1 aromatic carbocycles. The zero-order valence-corrected chi connectivity index (χ0v) is 12.5. The van der Waals surface area contributed by atoms with Gasteiger partial charge in [0.2, 0.25) is 5.95 Å². The smallest absolute Gasteiger partial charge is 0.313 e. The number of aromatic nitrogens is 3. The molecule has 0 amide bonds. The summed E-state index contributed by atoms with van der Waals surface area (Å²) in [5.74, 6) is -0.0663.